The molecule has 0 saturated carbocycles. The topological polar surface area (TPSA) is 0 Å². The van der Waals surface area contributed by atoms with Gasteiger partial charge in [0.1, 0.15) is 5.82 Å². The lowest BCUT2D eigenvalue weighted by Crippen LogP contribution is -1.81. The fraction of sp³-hybridized carbons (Fsp3) is 0.143. The van der Waals surface area contributed by atoms with Crippen molar-refractivity contribution in [2.45, 2.75) is 11.8 Å². The molecule has 0 aliphatic rings. The summed E-state index contributed by atoms with van der Waals surface area (Å²) in [6, 6.07) is 2.84. The Hall–Kier alpha value is -0.0200. The third-order valence-electron chi connectivity index (χ3n) is 1.20. The maximum Gasteiger partial charge on any atom is 0.124 e. The van der Waals surface area contributed by atoms with E-state index in [1.165, 1.54) is 12.1 Å². The van der Waals surface area contributed by atoms with Crippen LogP contribution in [0.1, 0.15) is 5.56 Å². The molecule has 0 aromatic heterocycles. The normalized spacial score (nSPS) is 10.0. The van der Waals surface area contributed by atoms with Gasteiger partial charge in [-0.15, -0.1) is 12.6 Å². The van der Waals surface area contributed by atoms with Crippen molar-refractivity contribution in [1.82, 2.24) is 0 Å². The molecule has 0 radical (unpaired) electrons. The van der Waals surface area contributed by atoms with Gasteiger partial charge in [-0.1, -0.05) is 0 Å². The zero-order valence-electron chi connectivity index (χ0n) is 5.36. The SMILES string of the molecule is Cc1cc(F)cc(S)c1Br. The molecule has 0 fully saturated rings. The smallest absolute Gasteiger partial charge is 0.124 e. The van der Waals surface area contributed by atoms with Crippen LogP contribution in [0.4, 0.5) is 4.39 Å². The molecule has 0 amide bonds. The highest BCUT2D eigenvalue weighted by Gasteiger charge is 2.00. The van der Waals surface area contributed by atoms with E-state index in [2.05, 4.69) is 28.6 Å². The van der Waals surface area contributed by atoms with Gasteiger partial charge in [0.2, 0.25) is 0 Å². The van der Waals surface area contributed by atoms with Crippen LogP contribution < -0.4 is 0 Å². The van der Waals surface area contributed by atoms with Crippen molar-refractivity contribution >= 4 is 28.6 Å². The van der Waals surface area contributed by atoms with Gasteiger partial charge in [0.25, 0.3) is 0 Å². The molecule has 0 aliphatic heterocycles. The Kier molecular flexibility index (Phi) is 2.36. The molecule has 10 heavy (non-hydrogen) atoms. The Bertz CT molecular complexity index is 237. The number of rotatable bonds is 0. The van der Waals surface area contributed by atoms with Crippen LogP contribution >= 0.6 is 28.6 Å². The van der Waals surface area contributed by atoms with Gasteiger partial charge in [0, 0.05) is 9.37 Å². The van der Waals surface area contributed by atoms with Gasteiger partial charge >= 0.3 is 0 Å². The maximum atomic E-state index is 12.5. The summed E-state index contributed by atoms with van der Waals surface area (Å²) >= 11 is 7.32. The van der Waals surface area contributed by atoms with Crippen molar-refractivity contribution in [3.63, 3.8) is 0 Å². The molecule has 0 bridgehead atoms. The minimum absolute atomic E-state index is 0.245. The van der Waals surface area contributed by atoms with Crippen molar-refractivity contribution in [2.75, 3.05) is 0 Å². The van der Waals surface area contributed by atoms with E-state index in [9.17, 15) is 4.39 Å². The number of thiol groups is 1. The predicted molar refractivity (Wildman–Crippen MR) is 46.1 cm³/mol. The second kappa shape index (κ2) is 2.93. The fourth-order valence-corrected chi connectivity index (χ4v) is 1.24. The second-order valence-electron chi connectivity index (χ2n) is 2.06. The molecule has 54 valence electrons. The Morgan fingerprint density at radius 3 is 2.60 bits per heavy atom. The molecular formula is C7H6BrFS. The van der Waals surface area contributed by atoms with Crippen molar-refractivity contribution in [2.24, 2.45) is 0 Å². The third kappa shape index (κ3) is 1.52. The summed E-state index contributed by atoms with van der Waals surface area (Å²) in [5.41, 5.74) is 0.866. The number of hydrogen-bond donors (Lipinski definition) is 1. The summed E-state index contributed by atoms with van der Waals surface area (Å²) in [7, 11) is 0. The number of aryl methyl sites for hydroxylation is 1. The summed E-state index contributed by atoms with van der Waals surface area (Å²) in [5, 5.41) is 0. The zero-order valence-corrected chi connectivity index (χ0v) is 7.84. The van der Waals surface area contributed by atoms with Gasteiger partial charge in [-0.3, -0.25) is 0 Å². The van der Waals surface area contributed by atoms with E-state index in [1.807, 2.05) is 6.92 Å². The molecule has 1 aromatic carbocycles. The van der Waals surface area contributed by atoms with Crippen LogP contribution in [-0.4, -0.2) is 0 Å². The molecule has 0 unspecified atom stereocenters. The van der Waals surface area contributed by atoms with E-state index >= 15 is 0 Å². The van der Waals surface area contributed by atoms with Crippen molar-refractivity contribution < 1.29 is 4.39 Å². The molecule has 1 rings (SSSR count). The minimum atomic E-state index is -0.245. The molecule has 0 atom stereocenters. The Morgan fingerprint density at radius 1 is 1.50 bits per heavy atom. The molecule has 1 aromatic rings. The molecule has 0 saturated heterocycles. The molecule has 0 nitrogen and oxygen atoms in total. The lowest BCUT2D eigenvalue weighted by atomic mass is 10.2. The van der Waals surface area contributed by atoms with E-state index in [-0.39, 0.29) is 5.82 Å². The van der Waals surface area contributed by atoms with E-state index < -0.39 is 0 Å². The van der Waals surface area contributed by atoms with Crippen LogP contribution in [0.2, 0.25) is 0 Å². The van der Waals surface area contributed by atoms with Gasteiger partial charge in [-0.25, -0.2) is 4.39 Å². The third-order valence-corrected chi connectivity index (χ3v) is 2.91. The van der Waals surface area contributed by atoms with Gasteiger partial charge < -0.3 is 0 Å². The first-order valence-electron chi connectivity index (χ1n) is 2.76. The lowest BCUT2D eigenvalue weighted by molar-refractivity contribution is 0.622. The van der Waals surface area contributed by atoms with E-state index in [0.29, 0.717) is 4.90 Å². The first-order valence-corrected chi connectivity index (χ1v) is 4.00. The van der Waals surface area contributed by atoms with E-state index in [1.54, 1.807) is 0 Å². The average molecular weight is 221 g/mol. The van der Waals surface area contributed by atoms with Crippen LogP contribution in [0.5, 0.6) is 0 Å². The Balaban J connectivity index is 3.31. The molecule has 0 heterocycles. The Labute approximate surface area is 73.0 Å². The van der Waals surface area contributed by atoms with Crippen LogP contribution in [-0.2, 0) is 0 Å². The summed E-state index contributed by atoms with van der Waals surface area (Å²) in [6.07, 6.45) is 0. The minimum Gasteiger partial charge on any atom is -0.207 e. The molecule has 0 spiro atoms. The molecule has 0 N–H and O–H groups in total. The standard InChI is InChI=1S/C7H6BrFS/c1-4-2-5(9)3-6(10)7(4)8/h2-3,10H,1H3. The van der Waals surface area contributed by atoms with Gasteiger partial charge in [-0.05, 0) is 40.5 Å². The summed E-state index contributed by atoms with van der Waals surface area (Å²) in [4.78, 5) is 0.637. The van der Waals surface area contributed by atoms with Gasteiger partial charge in [0.05, 0.1) is 0 Å². The average Bonchev–Trinajstić information content (AvgIpc) is 1.82. The first kappa shape index (κ1) is 8.08. The van der Waals surface area contributed by atoms with Crippen LogP contribution in [0.3, 0.4) is 0 Å². The Morgan fingerprint density at radius 2 is 2.10 bits per heavy atom. The molecular weight excluding hydrogens is 215 g/mol. The highest BCUT2D eigenvalue weighted by molar-refractivity contribution is 9.10. The number of hydrogen-bond acceptors (Lipinski definition) is 1. The van der Waals surface area contributed by atoms with Crippen molar-refractivity contribution in [1.29, 1.82) is 0 Å². The predicted octanol–water partition coefficient (Wildman–Crippen LogP) is 3.19. The maximum absolute atomic E-state index is 12.5. The van der Waals surface area contributed by atoms with Crippen molar-refractivity contribution in [3.8, 4) is 0 Å². The number of halogens is 2. The molecule has 3 heteroatoms. The largest absolute Gasteiger partial charge is 0.207 e. The van der Waals surface area contributed by atoms with E-state index in [4.69, 9.17) is 0 Å². The van der Waals surface area contributed by atoms with Gasteiger partial charge in [0.15, 0.2) is 0 Å². The molecule has 0 aliphatic carbocycles. The summed E-state index contributed by atoms with van der Waals surface area (Å²) in [6.45, 7) is 1.83. The van der Waals surface area contributed by atoms with E-state index in [0.717, 1.165) is 10.0 Å². The highest BCUT2D eigenvalue weighted by Crippen LogP contribution is 2.25. The van der Waals surface area contributed by atoms with Crippen LogP contribution in [0.25, 0.3) is 0 Å². The first-order chi connectivity index (χ1) is 4.61. The van der Waals surface area contributed by atoms with Crippen LogP contribution in [0, 0.1) is 12.7 Å². The quantitative estimate of drug-likeness (QED) is 0.639. The summed E-state index contributed by atoms with van der Waals surface area (Å²) in [5.74, 6) is -0.245. The highest BCUT2D eigenvalue weighted by atomic mass is 79.9. The fourth-order valence-electron chi connectivity index (χ4n) is 0.708. The zero-order chi connectivity index (χ0) is 7.72. The van der Waals surface area contributed by atoms with Crippen LogP contribution in [0.15, 0.2) is 21.5 Å². The van der Waals surface area contributed by atoms with Crippen molar-refractivity contribution in [3.05, 3.63) is 28.0 Å². The monoisotopic (exact) mass is 220 g/mol. The number of benzene rings is 1. The lowest BCUT2D eigenvalue weighted by Gasteiger charge is -2.00. The second-order valence-corrected chi connectivity index (χ2v) is 3.33. The summed E-state index contributed by atoms with van der Waals surface area (Å²) < 4.78 is 13.4. The van der Waals surface area contributed by atoms with Gasteiger partial charge in [-0.2, -0.15) is 0 Å².